The van der Waals surface area contributed by atoms with E-state index < -0.39 is 33.6 Å². The first-order valence-electron chi connectivity index (χ1n) is 7.82. The Morgan fingerprint density at radius 2 is 2.04 bits per heavy atom. The minimum absolute atomic E-state index is 0.135. The number of aryl methyl sites for hydroxylation is 1. The minimum atomic E-state index is -3.66. The molecule has 27 heavy (non-hydrogen) atoms. The number of benzene rings is 1. The van der Waals surface area contributed by atoms with Crippen molar-refractivity contribution < 1.29 is 27.5 Å². The number of amides is 2. The Labute approximate surface area is 158 Å². The summed E-state index contributed by atoms with van der Waals surface area (Å²) in [6.07, 6.45) is 0.932. The average molecular weight is 413 g/mol. The molecule has 2 aromatic rings. The first-order valence-corrected chi connectivity index (χ1v) is 10.5. The number of urea groups is 1. The SMILES string of the molecule is Cc1nc(NC(=O)N2CC(C(=O)O)C2)sc1-c1ccc(S(C)(=O)=O)c(F)c1. The Hall–Kier alpha value is -2.53. The number of carbonyl (C=O) groups is 2. The number of nitrogens with one attached hydrogen (secondary N) is 1. The van der Waals surface area contributed by atoms with E-state index >= 15 is 0 Å². The van der Waals surface area contributed by atoms with Crippen molar-refractivity contribution in [1.29, 1.82) is 0 Å². The third kappa shape index (κ3) is 3.93. The lowest BCUT2D eigenvalue weighted by Crippen LogP contribution is -2.54. The van der Waals surface area contributed by atoms with Gasteiger partial charge in [-0.1, -0.05) is 17.4 Å². The number of hydrogen-bond donors (Lipinski definition) is 2. The summed E-state index contributed by atoms with van der Waals surface area (Å²) in [5.74, 6) is -2.35. The van der Waals surface area contributed by atoms with Gasteiger partial charge in [-0.2, -0.15) is 0 Å². The molecule has 0 unspecified atom stereocenters. The molecule has 0 bridgehead atoms. The molecule has 0 saturated carbocycles. The number of aromatic nitrogens is 1. The monoisotopic (exact) mass is 413 g/mol. The van der Waals surface area contributed by atoms with Crippen LogP contribution in [0.25, 0.3) is 10.4 Å². The van der Waals surface area contributed by atoms with E-state index in [0.29, 0.717) is 21.3 Å². The van der Waals surface area contributed by atoms with Crippen LogP contribution in [-0.4, -0.2) is 54.8 Å². The first-order chi connectivity index (χ1) is 12.6. The molecular weight excluding hydrogens is 397 g/mol. The lowest BCUT2D eigenvalue weighted by Gasteiger charge is -2.36. The predicted octanol–water partition coefficient (Wildman–Crippen LogP) is 2.21. The van der Waals surface area contributed by atoms with E-state index in [1.165, 1.54) is 17.0 Å². The molecule has 1 aromatic heterocycles. The zero-order chi connectivity index (χ0) is 19.9. The van der Waals surface area contributed by atoms with Crippen LogP contribution in [0.15, 0.2) is 23.1 Å². The van der Waals surface area contributed by atoms with E-state index in [0.717, 1.165) is 23.7 Å². The number of sulfone groups is 1. The van der Waals surface area contributed by atoms with Gasteiger partial charge in [0, 0.05) is 19.3 Å². The Kier molecular flexibility index (Phi) is 4.91. The number of carboxylic acids is 1. The molecular formula is C16H16FN3O5S2. The van der Waals surface area contributed by atoms with Gasteiger partial charge in [0.15, 0.2) is 15.0 Å². The molecule has 1 saturated heterocycles. The number of carboxylic acid groups (broad SMARTS) is 1. The highest BCUT2D eigenvalue weighted by atomic mass is 32.2. The molecule has 1 aliphatic heterocycles. The Morgan fingerprint density at radius 1 is 1.37 bits per heavy atom. The molecule has 0 spiro atoms. The molecule has 11 heteroatoms. The first kappa shape index (κ1) is 19.2. The number of aliphatic carboxylic acids is 1. The van der Waals surface area contributed by atoms with Gasteiger partial charge in [0.1, 0.15) is 10.7 Å². The number of carbonyl (C=O) groups excluding carboxylic acids is 1. The topological polar surface area (TPSA) is 117 Å². The second kappa shape index (κ2) is 6.89. The van der Waals surface area contributed by atoms with Crippen molar-refractivity contribution in [1.82, 2.24) is 9.88 Å². The second-order valence-electron chi connectivity index (χ2n) is 6.22. The summed E-state index contributed by atoms with van der Waals surface area (Å²) < 4.78 is 37.2. The van der Waals surface area contributed by atoms with Gasteiger partial charge in [-0.15, -0.1) is 0 Å². The number of hydrogen-bond acceptors (Lipinski definition) is 6. The van der Waals surface area contributed by atoms with Crippen LogP contribution in [0.1, 0.15) is 5.69 Å². The van der Waals surface area contributed by atoms with Crippen LogP contribution < -0.4 is 5.32 Å². The fourth-order valence-electron chi connectivity index (χ4n) is 2.63. The maximum Gasteiger partial charge on any atom is 0.323 e. The molecule has 1 fully saturated rings. The normalized spacial score (nSPS) is 14.7. The molecule has 1 aromatic carbocycles. The average Bonchev–Trinajstić information content (AvgIpc) is 2.84. The van der Waals surface area contributed by atoms with Crippen molar-refractivity contribution in [2.24, 2.45) is 5.92 Å². The number of thiazole rings is 1. The Bertz CT molecular complexity index is 1030. The fraction of sp³-hybridized carbons (Fsp3) is 0.312. The highest BCUT2D eigenvalue weighted by Gasteiger charge is 2.36. The van der Waals surface area contributed by atoms with Crippen LogP contribution in [0, 0.1) is 18.7 Å². The van der Waals surface area contributed by atoms with Crippen molar-refractivity contribution in [2.45, 2.75) is 11.8 Å². The van der Waals surface area contributed by atoms with Gasteiger partial charge in [0.2, 0.25) is 0 Å². The van der Waals surface area contributed by atoms with E-state index in [1.807, 2.05) is 0 Å². The van der Waals surface area contributed by atoms with Crippen LogP contribution >= 0.6 is 11.3 Å². The molecule has 8 nitrogen and oxygen atoms in total. The zero-order valence-corrected chi connectivity index (χ0v) is 16.0. The predicted molar refractivity (Wildman–Crippen MR) is 97.1 cm³/mol. The largest absolute Gasteiger partial charge is 0.481 e. The summed E-state index contributed by atoms with van der Waals surface area (Å²) in [4.78, 5) is 28.7. The molecule has 0 radical (unpaired) electrons. The number of halogens is 1. The van der Waals surface area contributed by atoms with Gasteiger partial charge in [-0.05, 0) is 24.6 Å². The maximum absolute atomic E-state index is 14.1. The quantitative estimate of drug-likeness (QED) is 0.794. The summed E-state index contributed by atoms with van der Waals surface area (Å²) in [6.45, 7) is 1.96. The van der Waals surface area contributed by atoms with E-state index in [1.54, 1.807) is 6.92 Å². The highest BCUT2D eigenvalue weighted by molar-refractivity contribution is 7.90. The van der Waals surface area contributed by atoms with Gasteiger partial charge in [0.05, 0.1) is 16.5 Å². The number of nitrogens with zero attached hydrogens (tertiary/aromatic N) is 2. The van der Waals surface area contributed by atoms with Gasteiger partial charge in [0.25, 0.3) is 0 Å². The molecule has 0 atom stereocenters. The maximum atomic E-state index is 14.1. The molecule has 3 rings (SSSR count). The van der Waals surface area contributed by atoms with Gasteiger partial charge >= 0.3 is 12.0 Å². The summed E-state index contributed by atoms with van der Waals surface area (Å²) in [5, 5.41) is 11.7. The van der Waals surface area contributed by atoms with E-state index in [-0.39, 0.29) is 18.0 Å². The third-order valence-corrected chi connectivity index (χ3v) is 6.37. The van der Waals surface area contributed by atoms with Crippen molar-refractivity contribution in [3.05, 3.63) is 29.7 Å². The Morgan fingerprint density at radius 3 is 2.59 bits per heavy atom. The number of rotatable bonds is 4. The van der Waals surface area contributed by atoms with Gasteiger partial charge < -0.3 is 10.0 Å². The zero-order valence-electron chi connectivity index (χ0n) is 14.4. The summed E-state index contributed by atoms with van der Waals surface area (Å²) >= 11 is 1.12. The van der Waals surface area contributed by atoms with E-state index in [4.69, 9.17) is 5.11 Å². The molecule has 1 aliphatic rings. The molecule has 2 N–H and O–H groups in total. The lowest BCUT2D eigenvalue weighted by atomic mass is 10.0. The third-order valence-electron chi connectivity index (χ3n) is 4.12. The van der Waals surface area contributed by atoms with Crippen LogP contribution in [0.3, 0.4) is 0 Å². The van der Waals surface area contributed by atoms with Crippen LogP contribution in [-0.2, 0) is 14.6 Å². The molecule has 2 heterocycles. The smallest absolute Gasteiger partial charge is 0.323 e. The standard InChI is InChI=1S/C16H16FN3O5S2/c1-8-13(9-3-4-12(11(17)5-9)27(2,24)25)26-15(18-8)19-16(23)20-6-10(7-20)14(21)22/h3-5,10H,6-7H2,1-2H3,(H,21,22)(H,18,19,23). The summed E-state index contributed by atoms with van der Waals surface area (Å²) in [5.41, 5.74) is 0.999. The van der Waals surface area contributed by atoms with Gasteiger partial charge in [-0.3, -0.25) is 10.1 Å². The van der Waals surface area contributed by atoms with E-state index in [2.05, 4.69) is 10.3 Å². The van der Waals surface area contributed by atoms with E-state index in [9.17, 15) is 22.4 Å². The Balaban J connectivity index is 1.76. The van der Waals surface area contributed by atoms with Crippen LogP contribution in [0.2, 0.25) is 0 Å². The van der Waals surface area contributed by atoms with Crippen molar-refractivity contribution in [2.75, 3.05) is 24.7 Å². The second-order valence-corrected chi connectivity index (χ2v) is 9.20. The summed E-state index contributed by atoms with van der Waals surface area (Å²) in [7, 11) is -3.66. The van der Waals surface area contributed by atoms with Gasteiger partial charge in [-0.25, -0.2) is 22.6 Å². The molecule has 144 valence electrons. The van der Waals surface area contributed by atoms with Crippen molar-refractivity contribution >= 4 is 38.3 Å². The van der Waals surface area contributed by atoms with Crippen molar-refractivity contribution in [3.8, 4) is 10.4 Å². The number of likely N-dealkylation sites (tertiary alicyclic amines) is 1. The summed E-state index contributed by atoms with van der Waals surface area (Å²) in [6, 6.07) is 3.35. The fourth-order valence-corrected chi connectivity index (χ4v) is 4.31. The highest BCUT2D eigenvalue weighted by Crippen LogP contribution is 2.34. The minimum Gasteiger partial charge on any atom is -0.481 e. The number of anilines is 1. The molecule has 0 aliphatic carbocycles. The van der Waals surface area contributed by atoms with Crippen LogP contribution in [0.5, 0.6) is 0 Å². The lowest BCUT2D eigenvalue weighted by molar-refractivity contribution is -0.145. The van der Waals surface area contributed by atoms with Crippen molar-refractivity contribution in [3.63, 3.8) is 0 Å². The van der Waals surface area contributed by atoms with Crippen LogP contribution in [0.4, 0.5) is 14.3 Å². The molecule has 2 amide bonds.